The minimum absolute atomic E-state index is 0.00746. The predicted octanol–water partition coefficient (Wildman–Crippen LogP) is 4.60. The summed E-state index contributed by atoms with van der Waals surface area (Å²) in [5.41, 5.74) is -0.691. The van der Waals surface area contributed by atoms with Gasteiger partial charge in [-0.1, -0.05) is 23.7 Å². The first kappa shape index (κ1) is 18.3. The Labute approximate surface area is 153 Å². The van der Waals surface area contributed by atoms with Gasteiger partial charge < -0.3 is 9.30 Å². The van der Waals surface area contributed by atoms with Gasteiger partial charge >= 0.3 is 6.18 Å². The highest BCUT2D eigenvalue weighted by Crippen LogP contribution is 2.33. The lowest BCUT2D eigenvalue weighted by molar-refractivity contribution is -0.141. The zero-order valence-corrected chi connectivity index (χ0v) is 14.4. The van der Waals surface area contributed by atoms with Crippen LogP contribution in [0.3, 0.4) is 0 Å². The Morgan fingerprint density at radius 3 is 2.65 bits per heavy atom. The monoisotopic (exact) mass is 384 g/mol. The molecular weight excluding hydrogens is 369 g/mol. The van der Waals surface area contributed by atoms with Crippen molar-refractivity contribution in [3.63, 3.8) is 0 Å². The first-order chi connectivity index (χ1) is 12.4. The maximum absolute atomic E-state index is 13.0. The number of imidazole rings is 1. The number of aromatic nitrogens is 4. The first-order valence-electron chi connectivity index (χ1n) is 7.96. The molecule has 3 rings (SSSR count). The number of hydrogen-bond donors (Lipinski definition) is 0. The average Bonchev–Trinajstić information content (AvgIpc) is 3.24. The molecule has 0 aliphatic rings. The minimum Gasteiger partial charge on any atom is -0.478 e. The van der Waals surface area contributed by atoms with E-state index in [4.69, 9.17) is 16.3 Å². The Morgan fingerprint density at radius 2 is 1.96 bits per heavy atom. The molecule has 0 aliphatic carbocycles. The SMILES string of the molecule is FC(F)(F)c1cc(OCCCCn2ccnc2)n(-c2ccccc2Cl)n1. The molecule has 5 nitrogen and oxygen atoms in total. The van der Waals surface area contributed by atoms with E-state index in [2.05, 4.69) is 10.1 Å². The summed E-state index contributed by atoms with van der Waals surface area (Å²) in [5.74, 6) is 0.00746. The number of rotatable bonds is 7. The summed E-state index contributed by atoms with van der Waals surface area (Å²) in [6.07, 6.45) is 2.17. The summed E-state index contributed by atoms with van der Waals surface area (Å²) >= 11 is 6.09. The smallest absolute Gasteiger partial charge is 0.435 e. The Balaban J connectivity index is 1.70. The van der Waals surface area contributed by atoms with Crippen molar-refractivity contribution in [3.05, 3.63) is 59.8 Å². The Morgan fingerprint density at radius 1 is 1.15 bits per heavy atom. The second-order valence-corrected chi connectivity index (χ2v) is 5.99. The fourth-order valence-electron chi connectivity index (χ4n) is 2.39. The number of para-hydroxylation sites is 1. The largest absolute Gasteiger partial charge is 0.478 e. The number of ether oxygens (including phenoxy) is 1. The molecule has 0 radical (unpaired) electrons. The van der Waals surface area contributed by atoms with Crippen molar-refractivity contribution in [2.45, 2.75) is 25.6 Å². The van der Waals surface area contributed by atoms with Gasteiger partial charge in [-0.3, -0.25) is 0 Å². The van der Waals surface area contributed by atoms with Crippen LogP contribution in [0.1, 0.15) is 18.5 Å². The van der Waals surface area contributed by atoms with Crippen LogP contribution in [0, 0.1) is 0 Å². The highest BCUT2D eigenvalue weighted by molar-refractivity contribution is 6.32. The Bertz CT molecular complexity index is 846. The summed E-state index contributed by atoms with van der Waals surface area (Å²) in [7, 11) is 0. The fraction of sp³-hybridized carbons (Fsp3) is 0.294. The molecule has 0 bridgehead atoms. The van der Waals surface area contributed by atoms with Crippen molar-refractivity contribution in [1.29, 1.82) is 0 Å². The predicted molar refractivity (Wildman–Crippen MR) is 90.5 cm³/mol. The summed E-state index contributed by atoms with van der Waals surface area (Å²) in [6, 6.07) is 7.42. The van der Waals surface area contributed by atoms with Gasteiger partial charge in [-0.05, 0) is 25.0 Å². The van der Waals surface area contributed by atoms with Crippen LogP contribution in [0.25, 0.3) is 5.69 Å². The molecule has 0 unspecified atom stereocenters. The molecule has 0 fully saturated rings. The Hall–Kier alpha value is -2.48. The topological polar surface area (TPSA) is 44.9 Å². The van der Waals surface area contributed by atoms with Gasteiger partial charge in [0, 0.05) is 25.0 Å². The zero-order chi connectivity index (χ0) is 18.6. The van der Waals surface area contributed by atoms with Crippen LogP contribution in [0.4, 0.5) is 13.2 Å². The van der Waals surface area contributed by atoms with Crippen LogP contribution in [0.5, 0.6) is 5.88 Å². The maximum atomic E-state index is 13.0. The average molecular weight is 385 g/mol. The lowest BCUT2D eigenvalue weighted by Gasteiger charge is -2.10. The number of aryl methyl sites for hydroxylation is 1. The summed E-state index contributed by atoms with van der Waals surface area (Å²) in [5, 5.41) is 3.91. The van der Waals surface area contributed by atoms with Gasteiger partial charge in [-0.2, -0.15) is 23.0 Å². The van der Waals surface area contributed by atoms with E-state index in [-0.39, 0.29) is 17.5 Å². The van der Waals surface area contributed by atoms with Crippen LogP contribution in [-0.4, -0.2) is 25.9 Å². The van der Waals surface area contributed by atoms with E-state index in [9.17, 15) is 13.2 Å². The van der Waals surface area contributed by atoms with Gasteiger partial charge in [-0.25, -0.2) is 4.98 Å². The molecule has 0 aliphatic heterocycles. The van der Waals surface area contributed by atoms with E-state index in [0.717, 1.165) is 23.7 Å². The standard InChI is InChI=1S/C17H16ClF3N4O/c18-13-5-1-2-6-14(13)25-16(11-15(23-25)17(19,20)21)26-10-4-3-8-24-9-7-22-12-24/h1-2,5-7,9,11-12H,3-4,8,10H2. The normalized spacial score (nSPS) is 11.7. The quantitative estimate of drug-likeness (QED) is 0.559. The highest BCUT2D eigenvalue weighted by atomic mass is 35.5. The number of unbranched alkanes of at least 4 members (excludes halogenated alkanes) is 1. The Kier molecular flexibility index (Phi) is 5.51. The molecule has 2 heterocycles. The van der Waals surface area contributed by atoms with Gasteiger partial charge in [-0.15, -0.1) is 0 Å². The minimum atomic E-state index is -4.56. The van der Waals surface area contributed by atoms with Crippen molar-refractivity contribution in [1.82, 2.24) is 19.3 Å². The molecule has 1 aromatic carbocycles. The zero-order valence-electron chi connectivity index (χ0n) is 13.7. The van der Waals surface area contributed by atoms with Gasteiger partial charge in [0.2, 0.25) is 5.88 Å². The molecule has 26 heavy (non-hydrogen) atoms. The van der Waals surface area contributed by atoms with E-state index in [0.29, 0.717) is 12.1 Å². The van der Waals surface area contributed by atoms with E-state index in [1.165, 1.54) is 0 Å². The van der Waals surface area contributed by atoms with E-state index >= 15 is 0 Å². The van der Waals surface area contributed by atoms with Gasteiger partial charge in [0.25, 0.3) is 0 Å². The van der Waals surface area contributed by atoms with Gasteiger partial charge in [0.1, 0.15) is 0 Å². The molecule has 0 saturated heterocycles. The van der Waals surface area contributed by atoms with Gasteiger partial charge in [0.05, 0.1) is 23.6 Å². The second-order valence-electron chi connectivity index (χ2n) is 5.58. The fourth-order valence-corrected chi connectivity index (χ4v) is 2.61. The number of hydrogen-bond acceptors (Lipinski definition) is 3. The lowest BCUT2D eigenvalue weighted by atomic mass is 10.3. The maximum Gasteiger partial charge on any atom is 0.435 e. The summed E-state index contributed by atoms with van der Waals surface area (Å²) < 4.78 is 47.6. The molecule has 138 valence electrons. The van der Waals surface area contributed by atoms with E-state index in [1.807, 2.05) is 10.8 Å². The first-order valence-corrected chi connectivity index (χ1v) is 8.33. The van der Waals surface area contributed by atoms with Crippen molar-refractivity contribution in [2.24, 2.45) is 0 Å². The van der Waals surface area contributed by atoms with Crippen LogP contribution in [-0.2, 0) is 12.7 Å². The van der Waals surface area contributed by atoms with E-state index in [1.54, 1.807) is 36.8 Å². The molecule has 0 N–H and O–H groups in total. The number of nitrogens with zero attached hydrogens (tertiary/aromatic N) is 4. The third-order valence-electron chi connectivity index (χ3n) is 3.67. The third-order valence-corrected chi connectivity index (χ3v) is 3.99. The molecule has 2 aromatic heterocycles. The molecule has 0 amide bonds. The molecule has 0 spiro atoms. The van der Waals surface area contributed by atoms with E-state index < -0.39 is 11.9 Å². The summed E-state index contributed by atoms with van der Waals surface area (Å²) in [4.78, 5) is 3.95. The number of benzene rings is 1. The molecular formula is C17H16ClF3N4O. The molecule has 0 atom stereocenters. The van der Waals surface area contributed by atoms with Crippen molar-refractivity contribution < 1.29 is 17.9 Å². The van der Waals surface area contributed by atoms with Crippen molar-refractivity contribution >= 4 is 11.6 Å². The number of halogens is 4. The highest BCUT2D eigenvalue weighted by Gasteiger charge is 2.35. The van der Waals surface area contributed by atoms with Crippen molar-refractivity contribution in [2.75, 3.05) is 6.61 Å². The van der Waals surface area contributed by atoms with Crippen LogP contribution in [0.2, 0.25) is 5.02 Å². The second kappa shape index (κ2) is 7.82. The summed E-state index contributed by atoms with van der Waals surface area (Å²) in [6.45, 7) is 1.03. The molecule has 9 heteroatoms. The van der Waals surface area contributed by atoms with Crippen LogP contribution >= 0.6 is 11.6 Å². The van der Waals surface area contributed by atoms with Crippen molar-refractivity contribution in [3.8, 4) is 11.6 Å². The van der Waals surface area contributed by atoms with Gasteiger partial charge in [0.15, 0.2) is 5.69 Å². The molecule has 3 aromatic rings. The third kappa shape index (κ3) is 4.37. The molecule has 0 saturated carbocycles. The lowest BCUT2D eigenvalue weighted by Crippen LogP contribution is -2.08. The number of alkyl halides is 3. The van der Waals surface area contributed by atoms with Crippen LogP contribution < -0.4 is 4.74 Å². The van der Waals surface area contributed by atoms with Crippen LogP contribution in [0.15, 0.2) is 49.1 Å².